The fourth-order valence-corrected chi connectivity index (χ4v) is 2.41. The minimum atomic E-state index is 0.0142. The number of hydrogen-bond donors (Lipinski definition) is 1. The minimum Gasteiger partial charge on any atom is -0.338 e. The van der Waals surface area contributed by atoms with Crippen molar-refractivity contribution in [2.45, 2.75) is 19.4 Å². The summed E-state index contributed by atoms with van der Waals surface area (Å²) in [6.07, 6.45) is 2.52. The molecule has 18 heavy (non-hydrogen) atoms. The van der Waals surface area contributed by atoms with E-state index in [-0.39, 0.29) is 11.9 Å². The number of nitrogens with two attached hydrogens (primary N) is 1. The number of allylic oxidation sites excluding steroid dienone is 1. The van der Waals surface area contributed by atoms with Gasteiger partial charge in [0, 0.05) is 30.2 Å². The van der Waals surface area contributed by atoms with Crippen LogP contribution in [0.2, 0.25) is 5.02 Å². The molecule has 2 rings (SSSR count). The predicted octanol–water partition coefficient (Wildman–Crippen LogP) is 2.30. The highest BCUT2D eigenvalue weighted by Crippen LogP contribution is 2.23. The lowest BCUT2D eigenvalue weighted by atomic mass is 10.1. The third-order valence-electron chi connectivity index (χ3n) is 3.18. The van der Waals surface area contributed by atoms with E-state index in [0.717, 1.165) is 24.1 Å². The van der Waals surface area contributed by atoms with E-state index >= 15 is 0 Å². The van der Waals surface area contributed by atoms with Gasteiger partial charge in [0.1, 0.15) is 0 Å². The van der Waals surface area contributed by atoms with Gasteiger partial charge in [-0.2, -0.15) is 0 Å². The molecule has 1 atom stereocenters. The van der Waals surface area contributed by atoms with Gasteiger partial charge in [0.05, 0.1) is 0 Å². The van der Waals surface area contributed by atoms with Gasteiger partial charge in [0.25, 0.3) is 0 Å². The van der Waals surface area contributed by atoms with Crippen LogP contribution in [0.5, 0.6) is 0 Å². The van der Waals surface area contributed by atoms with Gasteiger partial charge in [-0.25, -0.2) is 0 Å². The molecule has 0 aliphatic carbocycles. The van der Waals surface area contributed by atoms with Crippen LogP contribution in [0.3, 0.4) is 0 Å². The third kappa shape index (κ3) is 2.92. The number of benzene rings is 1. The maximum absolute atomic E-state index is 12.0. The summed E-state index contributed by atoms with van der Waals surface area (Å²) >= 11 is 6.10. The summed E-state index contributed by atoms with van der Waals surface area (Å²) in [5.74, 6) is 0.0142. The molecule has 4 heteroatoms. The Bertz CT molecular complexity index is 484. The molecule has 1 aromatic carbocycles. The summed E-state index contributed by atoms with van der Waals surface area (Å²) < 4.78 is 0. The SMILES string of the molecule is C/C(=C\C(=O)N1CC[C@H](N)C1)c1ccccc1Cl. The van der Waals surface area contributed by atoms with Crippen molar-refractivity contribution in [3.8, 4) is 0 Å². The molecule has 0 spiro atoms. The maximum atomic E-state index is 12.0. The molecule has 1 amide bonds. The molecule has 3 nitrogen and oxygen atoms in total. The Labute approximate surface area is 112 Å². The van der Waals surface area contributed by atoms with E-state index in [2.05, 4.69) is 0 Å². The van der Waals surface area contributed by atoms with Crippen LogP contribution in [0.25, 0.3) is 5.57 Å². The second-order valence-electron chi connectivity index (χ2n) is 4.64. The number of hydrogen-bond acceptors (Lipinski definition) is 2. The van der Waals surface area contributed by atoms with Gasteiger partial charge in [0.2, 0.25) is 5.91 Å². The largest absolute Gasteiger partial charge is 0.338 e. The van der Waals surface area contributed by atoms with E-state index in [4.69, 9.17) is 17.3 Å². The monoisotopic (exact) mass is 264 g/mol. The van der Waals surface area contributed by atoms with Crippen molar-refractivity contribution in [3.63, 3.8) is 0 Å². The molecule has 0 radical (unpaired) electrons. The summed E-state index contributed by atoms with van der Waals surface area (Å²) in [5, 5.41) is 0.664. The van der Waals surface area contributed by atoms with Crippen molar-refractivity contribution >= 4 is 23.1 Å². The number of halogens is 1. The van der Waals surface area contributed by atoms with Crippen LogP contribution in [0, 0.1) is 0 Å². The minimum absolute atomic E-state index is 0.0142. The molecule has 1 aromatic rings. The standard InChI is InChI=1S/C14H17ClN2O/c1-10(12-4-2-3-5-13(12)15)8-14(18)17-7-6-11(16)9-17/h2-5,8,11H,6-7,9,16H2,1H3/b10-8+/t11-/m0/s1. The zero-order valence-electron chi connectivity index (χ0n) is 10.4. The van der Waals surface area contributed by atoms with Crippen LogP contribution in [0.1, 0.15) is 18.9 Å². The van der Waals surface area contributed by atoms with Crippen LogP contribution in [0.4, 0.5) is 0 Å². The average molecular weight is 265 g/mol. The highest BCUT2D eigenvalue weighted by Gasteiger charge is 2.22. The summed E-state index contributed by atoms with van der Waals surface area (Å²) in [5.41, 5.74) is 7.57. The van der Waals surface area contributed by atoms with Crippen LogP contribution >= 0.6 is 11.6 Å². The fourth-order valence-electron chi connectivity index (χ4n) is 2.12. The lowest BCUT2D eigenvalue weighted by Crippen LogP contribution is -2.30. The van der Waals surface area contributed by atoms with Crippen LogP contribution in [-0.4, -0.2) is 29.9 Å². The lowest BCUT2D eigenvalue weighted by molar-refractivity contribution is -0.125. The number of amides is 1. The first kappa shape index (κ1) is 13.1. The number of carbonyl (C=O) groups excluding carboxylic acids is 1. The molecule has 1 fully saturated rings. The summed E-state index contributed by atoms with van der Waals surface area (Å²) in [7, 11) is 0. The summed E-state index contributed by atoms with van der Waals surface area (Å²) in [6, 6.07) is 7.64. The molecule has 1 heterocycles. The quantitative estimate of drug-likeness (QED) is 0.834. The topological polar surface area (TPSA) is 46.3 Å². The number of rotatable bonds is 2. The summed E-state index contributed by atoms with van der Waals surface area (Å²) in [4.78, 5) is 13.8. The van der Waals surface area contributed by atoms with Crippen molar-refractivity contribution < 1.29 is 4.79 Å². The lowest BCUT2D eigenvalue weighted by Gasteiger charge is -2.14. The molecule has 0 aromatic heterocycles. The molecular formula is C14H17ClN2O. The number of likely N-dealkylation sites (tertiary alicyclic amines) is 1. The normalized spacial score (nSPS) is 20.3. The Balaban J connectivity index is 2.13. The van der Waals surface area contributed by atoms with E-state index in [0.29, 0.717) is 11.6 Å². The molecule has 0 saturated carbocycles. The third-order valence-corrected chi connectivity index (χ3v) is 3.50. The van der Waals surface area contributed by atoms with E-state index in [1.807, 2.05) is 31.2 Å². The van der Waals surface area contributed by atoms with Gasteiger partial charge >= 0.3 is 0 Å². The Kier molecular flexibility index (Phi) is 4.04. The predicted molar refractivity (Wildman–Crippen MR) is 74.3 cm³/mol. The van der Waals surface area contributed by atoms with Crippen LogP contribution in [0.15, 0.2) is 30.3 Å². The highest BCUT2D eigenvalue weighted by atomic mass is 35.5. The second-order valence-corrected chi connectivity index (χ2v) is 5.05. The van der Waals surface area contributed by atoms with E-state index < -0.39 is 0 Å². The first-order chi connectivity index (χ1) is 8.58. The van der Waals surface area contributed by atoms with Crippen molar-refractivity contribution in [1.29, 1.82) is 0 Å². The Morgan fingerprint density at radius 3 is 2.83 bits per heavy atom. The van der Waals surface area contributed by atoms with Gasteiger partial charge in [-0.3, -0.25) is 4.79 Å². The van der Waals surface area contributed by atoms with E-state index in [9.17, 15) is 4.79 Å². The van der Waals surface area contributed by atoms with Gasteiger partial charge in [-0.15, -0.1) is 0 Å². The highest BCUT2D eigenvalue weighted by molar-refractivity contribution is 6.32. The van der Waals surface area contributed by atoms with Crippen LogP contribution in [-0.2, 0) is 4.79 Å². The van der Waals surface area contributed by atoms with Crippen molar-refractivity contribution in [2.24, 2.45) is 5.73 Å². The van der Waals surface area contributed by atoms with Gasteiger partial charge in [-0.1, -0.05) is 29.8 Å². The van der Waals surface area contributed by atoms with E-state index in [1.165, 1.54) is 0 Å². The molecule has 0 bridgehead atoms. The maximum Gasteiger partial charge on any atom is 0.246 e. The Hall–Kier alpha value is -1.32. The second kappa shape index (κ2) is 5.55. The fraction of sp³-hybridized carbons (Fsp3) is 0.357. The molecule has 96 valence electrons. The smallest absolute Gasteiger partial charge is 0.246 e. The van der Waals surface area contributed by atoms with Crippen LogP contribution < -0.4 is 5.73 Å². The Morgan fingerprint density at radius 1 is 1.50 bits per heavy atom. The number of carbonyl (C=O) groups is 1. The number of nitrogens with zero attached hydrogens (tertiary/aromatic N) is 1. The first-order valence-electron chi connectivity index (χ1n) is 6.05. The van der Waals surface area contributed by atoms with Gasteiger partial charge in [0.15, 0.2) is 0 Å². The zero-order valence-corrected chi connectivity index (χ0v) is 11.2. The van der Waals surface area contributed by atoms with Crippen molar-refractivity contribution in [1.82, 2.24) is 4.90 Å². The summed E-state index contributed by atoms with van der Waals surface area (Å²) in [6.45, 7) is 3.28. The van der Waals surface area contributed by atoms with Crippen molar-refractivity contribution in [2.75, 3.05) is 13.1 Å². The molecule has 1 aliphatic heterocycles. The molecular weight excluding hydrogens is 248 g/mol. The zero-order chi connectivity index (χ0) is 13.1. The Morgan fingerprint density at radius 2 is 2.22 bits per heavy atom. The first-order valence-corrected chi connectivity index (χ1v) is 6.43. The van der Waals surface area contributed by atoms with E-state index in [1.54, 1.807) is 11.0 Å². The molecule has 2 N–H and O–H groups in total. The van der Waals surface area contributed by atoms with Crippen molar-refractivity contribution in [3.05, 3.63) is 40.9 Å². The molecule has 1 saturated heterocycles. The average Bonchev–Trinajstić information content (AvgIpc) is 2.76. The molecule has 1 aliphatic rings. The van der Waals surface area contributed by atoms with Gasteiger partial charge in [-0.05, 0) is 30.5 Å². The van der Waals surface area contributed by atoms with Gasteiger partial charge < -0.3 is 10.6 Å². The molecule has 0 unspecified atom stereocenters.